The minimum Gasteiger partial charge on any atom is -0.274 e. The highest BCUT2D eigenvalue weighted by Gasteiger charge is 2.64. The van der Waals surface area contributed by atoms with E-state index in [1.165, 1.54) is 29.2 Å². The number of nitrogens with zero attached hydrogens (tertiary/aromatic N) is 1. The van der Waals surface area contributed by atoms with E-state index in [1.54, 1.807) is 0 Å². The molecule has 6 nitrogen and oxygen atoms in total. The average Bonchev–Trinajstić information content (AvgIpc) is 2.63. The molecule has 2 bridgehead atoms. The third kappa shape index (κ3) is 2.06. The van der Waals surface area contributed by atoms with Crippen LogP contribution in [0.5, 0.6) is 0 Å². The molecule has 124 valence electrons. The Hall–Kier alpha value is -1.73. The second-order valence-corrected chi connectivity index (χ2v) is 8.72. The molecule has 1 aliphatic carbocycles. The highest BCUT2D eigenvalue weighted by atomic mass is 32.2. The standard InChI is InChI=1S/C16H20N2O4S/c1-15(2)12-8-9-16(15,3)14(20)18(13(12)19)10-4-6-11(7-5-10)23(17,21)22/h4-7,12H,8-9H2,1-3H3,(H2,17,21,22)/t12-,16+/m0/s1. The molecule has 1 heterocycles. The predicted octanol–water partition coefficient (Wildman–Crippen LogP) is 1.65. The Morgan fingerprint density at radius 3 is 2.22 bits per heavy atom. The molecule has 0 radical (unpaired) electrons. The van der Waals surface area contributed by atoms with Crippen LogP contribution >= 0.6 is 0 Å². The largest absolute Gasteiger partial charge is 0.274 e. The van der Waals surface area contributed by atoms with Crippen molar-refractivity contribution in [3.8, 4) is 0 Å². The van der Waals surface area contributed by atoms with Crippen LogP contribution in [0.25, 0.3) is 0 Å². The number of nitrogens with two attached hydrogens (primary N) is 1. The molecule has 0 unspecified atom stereocenters. The maximum Gasteiger partial charge on any atom is 0.240 e. The molecule has 1 aliphatic heterocycles. The molecule has 1 saturated heterocycles. The first-order valence-electron chi connectivity index (χ1n) is 7.51. The number of primary sulfonamides is 1. The summed E-state index contributed by atoms with van der Waals surface area (Å²) in [4.78, 5) is 26.9. The minimum atomic E-state index is -3.81. The van der Waals surface area contributed by atoms with Crippen LogP contribution in [-0.4, -0.2) is 20.2 Å². The monoisotopic (exact) mass is 336 g/mol. The van der Waals surface area contributed by atoms with Gasteiger partial charge in [0.05, 0.1) is 16.0 Å². The lowest BCUT2D eigenvalue weighted by atomic mass is 9.62. The van der Waals surface area contributed by atoms with Gasteiger partial charge in [0.15, 0.2) is 0 Å². The molecule has 1 aromatic rings. The number of carbonyl (C=O) groups excluding carboxylic acids is 2. The van der Waals surface area contributed by atoms with Crippen LogP contribution < -0.4 is 10.0 Å². The van der Waals surface area contributed by atoms with Gasteiger partial charge < -0.3 is 0 Å². The van der Waals surface area contributed by atoms with E-state index in [1.807, 2.05) is 20.8 Å². The molecule has 0 spiro atoms. The van der Waals surface area contributed by atoms with Crippen molar-refractivity contribution >= 4 is 27.5 Å². The van der Waals surface area contributed by atoms with Crippen molar-refractivity contribution in [2.75, 3.05) is 4.90 Å². The summed E-state index contributed by atoms with van der Waals surface area (Å²) in [7, 11) is -3.81. The maximum absolute atomic E-state index is 13.0. The number of rotatable bonds is 2. The minimum absolute atomic E-state index is 0.0485. The molecule has 1 aromatic carbocycles. The lowest BCUT2D eigenvalue weighted by Gasteiger charge is -2.47. The van der Waals surface area contributed by atoms with Gasteiger partial charge in [0, 0.05) is 5.92 Å². The van der Waals surface area contributed by atoms with Gasteiger partial charge in [-0.25, -0.2) is 18.5 Å². The van der Waals surface area contributed by atoms with Crippen LogP contribution in [0.3, 0.4) is 0 Å². The Labute approximate surface area is 135 Å². The molecule has 7 heteroatoms. The van der Waals surface area contributed by atoms with E-state index in [4.69, 9.17) is 5.14 Å². The third-order valence-corrected chi connectivity index (χ3v) is 6.77. The molecule has 2 fully saturated rings. The molecule has 1 saturated carbocycles. The fraction of sp³-hybridized carbons (Fsp3) is 0.500. The van der Waals surface area contributed by atoms with E-state index >= 15 is 0 Å². The number of benzene rings is 1. The molecule has 3 rings (SSSR count). The maximum atomic E-state index is 13.0. The first-order valence-corrected chi connectivity index (χ1v) is 9.06. The average molecular weight is 336 g/mol. The predicted molar refractivity (Wildman–Crippen MR) is 84.9 cm³/mol. The zero-order valence-corrected chi connectivity index (χ0v) is 14.2. The molecular formula is C16H20N2O4S. The fourth-order valence-electron chi connectivity index (χ4n) is 3.85. The van der Waals surface area contributed by atoms with E-state index in [0.717, 1.165) is 0 Å². The number of sulfonamides is 1. The first kappa shape index (κ1) is 16.1. The highest BCUT2D eigenvalue weighted by Crippen LogP contribution is 2.60. The number of anilines is 1. The molecule has 2 amide bonds. The SMILES string of the molecule is CC1(C)[C@H]2CC[C@]1(C)C(=O)N(c1ccc(S(N)(=O)=O)cc1)C2=O. The Kier molecular flexibility index (Phi) is 3.26. The summed E-state index contributed by atoms with van der Waals surface area (Å²) in [5.41, 5.74) is -0.580. The van der Waals surface area contributed by atoms with Crippen molar-refractivity contribution in [1.82, 2.24) is 0 Å². The van der Waals surface area contributed by atoms with Crippen molar-refractivity contribution < 1.29 is 18.0 Å². The van der Waals surface area contributed by atoms with Crippen LogP contribution in [0.2, 0.25) is 0 Å². The summed E-state index contributed by atoms with van der Waals surface area (Å²) in [5, 5.41) is 5.08. The quantitative estimate of drug-likeness (QED) is 0.830. The smallest absolute Gasteiger partial charge is 0.240 e. The van der Waals surface area contributed by atoms with Gasteiger partial charge in [-0.3, -0.25) is 9.59 Å². The van der Waals surface area contributed by atoms with Crippen LogP contribution in [0.1, 0.15) is 33.6 Å². The molecule has 2 aliphatic rings. The first-order chi connectivity index (χ1) is 10.5. The van der Waals surface area contributed by atoms with Crippen molar-refractivity contribution in [2.45, 2.75) is 38.5 Å². The topological polar surface area (TPSA) is 97.5 Å². The van der Waals surface area contributed by atoms with Gasteiger partial charge in [0.25, 0.3) is 0 Å². The van der Waals surface area contributed by atoms with E-state index in [0.29, 0.717) is 18.5 Å². The molecule has 0 aromatic heterocycles. The summed E-state index contributed by atoms with van der Waals surface area (Å²) in [6.45, 7) is 5.86. The fourth-order valence-corrected chi connectivity index (χ4v) is 4.36. The Morgan fingerprint density at radius 2 is 1.70 bits per heavy atom. The van der Waals surface area contributed by atoms with Gasteiger partial charge in [-0.05, 0) is 42.5 Å². The van der Waals surface area contributed by atoms with Gasteiger partial charge >= 0.3 is 0 Å². The Bertz CT molecular complexity index is 798. The van der Waals surface area contributed by atoms with Crippen molar-refractivity contribution in [1.29, 1.82) is 0 Å². The number of piperidine rings is 1. The van der Waals surface area contributed by atoms with Crippen LogP contribution in [0.15, 0.2) is 29.2 Å². The number of hydrogen-bond donors (Lipinski definition) is 1. The lowest BCUT2D eigenvalue weighted by Crippen LogP contribution is -2.59. The third-order valence-electron chi connectivity index (χ3n) is 5.84. The number of hydrogen-bond acceptors (Lipinski definition) is 4. The van der Waals surface area contributed by atoms with E-state index in [-0.39, 0.29) is 28.0 Å². The molecule has 23 heavy (non-hydrogen) atoms. The second-order valence-electron chi connectivity index (χ2n) is 7.16. The van der Waals surface area contributed by atoms with Gasteiger partial charge in [-0.1, -0.05) is 20.8 Å². The van der Waals surface area contributed by atoms with E-state index < -0.39 is 15.4 Å². The summed E-state index contributed by atoms with van der Waals surface area (Å²) >= 11 is 0. The number of fused-ring (bicyclic) bond motifs is 2. The Morgan fingerprint density at radius 1 is 1.13 bits per heavy atom. The second kappa shape index (κ2) is 4.64. The van der Waals surface area contributed by atoms with Gasteiger partial charge in [0.1, 0.15) is 0 Å². The number of imide groups is 1. The van der Waals surface area contributed by atoms with Crippen LogP contribution in [-0.2, 0) is 19.6 Å². The van der Waals surface area contributed by atoms with Crippen molar-refractivity contribution in [3.05, 3.63) is 24.3 Å². The van der Waals surface area contributed by atoms with Crippen molar-refractivity contribution in [3.63, 3.8) is 0 Å². The lowest BCUT2D eigenvalue weighted by molar-refractivity contribution is -0.146. The molecular weight excluding hydrogens is 316 g/mol. The summed E-state index contributed by atoms with van der Waals surface area (Å²) in [6, 6.07) is 5.54. The highest BCUT2D eigenvalue weighted by molar-refractivity contribution is 7.89. The zero-order valence-electron chi connectivity index (χ0n) is 13.4. The van der Waals surface area contributed by atoms with Crippen molar-refractivity contribution in [2.24, 2.45) is 21.9 Å². The van der Waals surface area contributed by atoms with Gasteiger partial charge in [0.2, 0.25) is 21.8 Å². The van der Waals surface area contributed by atoms with Crippen LogP contribution in [0, 0.1) is 16.7 Å². The normalized spacial score (nSPS) is 29.9. The number of amides is 2. The molecule has 2 atom stereocenters. The van der Waals surface area contributed by atoms with Crippen LogP contribution in [0.4, 0.5) is 5.69 Å². The Balaban J connectivity index is 2.05. The summed E-state index contributed by atoms with van der Waals surface area (Å²) < 4.78 is 22.7. The van der Waals surface area contributed by atoms with Gasteiger partial charge in [-0.2, -0.15) is 0 Å². The number of carbonyl (C=O) groups is 2. The zero-order chi connectivity index (χ0) is 17.2. The van der Waals surface area contributed by atoms with E-state index in [2.05, 4.69) is 0 Å². The van der Waals surface area contributed by atoms with E-state index in [9.17, 15) is 18.0 Å². The summed E-state index contributed by atoms with van der Waals surface area (Å²) in [5.74, 6) is -0.633. The van der Waals surface area contributed by atoms with Gasteiger partial charge in [-0.15, -0.1) is 0 Å². The summed E-state index contributed by atoms with van der Waals surface area (Å²) in [6.07, 6.45) is 1.38. The molecule has 2 N–H and O–H groups in total.